The summed E-state index contributed by atoms with van der Waals surface area (Å²) in [6.45, 7) is 4.21. The molecule has 0 saturated heterocycles. The van der Waals surface area contributed by atoms with Gasteiger partial charge in [0.25, 0.3) is 0 Å². The molecular weight excluding hydrogens is 480 g/mol. The van der Waals surface area contributed by atoms with Crippen molar-refractivity contribution in [3.63, 3.8) is 0 Å². The summed E-state index contributed by atoms with van der Waals surface area (Å²) in [5.74, 6) is -0.209. The smallest absolute Gasteiger partial charge is 0.311 e. The fourth-order valence-electron chi connectivity index (χ4n) is 7.64. The van der Waals surface area contributed by atoms with E-state index in [0.29, 0.717) is 19.3 Å². The van der Waals surface area contributed by atoms with Gasteiger partial charge in [-0.2, -0.15) is 0 Å². The van der Waals surface area contributed by atoms with E-state index in [2.05, 4.69) is 6.92 Å². The highest BCUT2D eigenvalue weighted by molar-refractivity contribution is 5.87. The summed E-state index contributed by atoms with van der Waals surface area (Å²) < 4.78 is 39.6. The Kier molecular flexibility index (Phi) is 9.90. The van der Waals surface area contributed by atoms with Crippen molar-refractivity contribution in [2.45, 2.75) is 161 Å². The van der Waals surface area contributed by atoms with E-state index in [1.54, 1.807) is 6.07 Å². The number of rotatable bonds is 17. The molecule has 0 aliphatic heterocycles. The van der Waals surface area contributed by atoms with Crippen LogP contribution in [-0.4, -0.2) is 11.8 Å². The van der Waals surface area contributed by atoms with Crippen LogP contribution in [0.3, 0.4) is 0 Å². The van der Waals surface area contributed by atoms with Gasteiger partial charge in [-0.25, -0.2) is 0 Å². The molecule has 4 atom stereocenters. The second-order valence-electron chi connectivity index (χ2n) is 12.9. The van der Waals surface area contributed by atoms with Gasteiger partial charge >= 0.3 is 5.97 Å². The Labute approximate surface area is 244 Å². The van der Waals surface area contributed by atoms with Crippen molar-refractivity contribution < 1.29 is 19.8 Å². The average molecular weight is 541 g/mol. The molecule has 3 aliphatic rings. The van der Waals surface area contributed by atoms with E-state index in [1.807, 2.05) is 6.92 Å². The maximum Gasteiger partial charge on any atom is 0.311 e. The summed E-state index contributed by atoms with van der Waals surface area (Å²) in [4.78, 5) is 25.5. The fraction of sp³-hybridized carbons (Fsp3) is 0.778. The van der Waals surface area contributed by atoms with Gasteiger partial charge in [0, 0.05) is 21.0 Å². The minimum atomic E-state index is -1.76. The number of Topliss-reactive ketones (excluding diaryl/α,β-unsaturated/α-hetero) is 1. The van der Waals surface area contributed by atoms with Crippen LogP contribution in [0, 0.1) is 17.3 Å². The van der Waals surface area contributed by atoms with Crippen molar-refractivity contribution in [3.8, 4) is 5.75 Å². The molecule has 0 spiro atoms. The lowest BCUT2D eigenvalue weighted by molar-refractivity contribution is -0.134. The number of esters is 1. The third-order valence-corrected chi connectivity index (χ3v) is 10.1. The zero-order chi connectivity index (χ0) is 31.0. The Bertz CT molecular complexity index is 1100. The van der Waals surface area contributed by atoms with E-state index in [-0.39, 0.29) is 53.8 Å². The molecule has 218 valence electrons. The van der Waals surface area contributed by atoms with Crippen molar-refractivity contribution in [1.82, 2.24) is 0 Å². The highest BCUT2D eigenvalue weighted by Gasteiger charge is 2.54. The van der Waals surface area contributed by atoms with Crippen LogP contribution in [0.5, 0.6) is 5.75 Å². The lowest BCUT2D eigenvalue weighted by Gasteiger charge is -2.48. The van der Waals surface area contributed by atoms with Crippen LogP contribution in [0.25, 0.3) is 0 Å². The van der Waals surface area contributed by atoms with Crippen LogP contribution in [-0.2, 0) is 16.0 Å². The number of ether oxygens (including phenoxy) is 1. The summed E-state index contributed by atoms with van der Waals surface area (Å²) in [5.41, 5.74) is 1.23. The molecule has 1 aromatic rings. The van der Waals surface area contributed by atoms with E-state index in [1.165, 1.54) is 77.0 Å². The van der Waals surface area contributed by atoms with Crippen LogP contribution in [0.2, 0.25) is 0 Å². The van der Waals surface area contributed by atoms with Crippen LogP contribution in [0.1, 0.15) is 171 Å². The van der Waals surface area contributed by atoms with Crippen molar-refractivity contribution in [2.75, 3.05) is 0 Å². The van der Waals surface area contributed by atoms with Gasteiger partial charge in [0.15, 0.2) is 0 Å². The molecule has 3 heteroatoms. The summed E-state index contributed by atoms with van der Waals surface area (Å²) in [7, 11) is 0. The Morgan fingerprint density at radius 2 is 1.56 bits per heavy atom. The summed E-state index contributed by atoms with van der Waals surface area (Å²) in [5, 5.41) is 0. The molecule has 39 heavy (non-hydrogen) atoms. The first kappa shape index (κ1) is 25.1. The zero-order valence-electron chi connectivity index (χ0n) is 28.9. The molecule has 0 aromatic heterocycles. The van der Waals surface area contributed by atoms with E-state index in [9.17, 15) is 9.59 Å². The lowest BCUT2D eigenvalue weighted by Crippen LogP contribution is -2.42. The van der Waals surface area contributed by atoms with E-state index in [0.717, 1.165) is 43.2 Å². The average Bonchev–Trinajstić information content (AvgIpc) is 3.17. The number of fused-ring (bicyclic) bond motifs is 5. The second kappa shape index (κ2) is 15.4. The largest absolute Gasteiger partial charge is 0.427 e. The van der Waals surface area contributed by atoms with Gasteiger partial charge in [-0.05, 0) is 79.5 Å². The number of hydrogen-bond acceptors (Lipinski definition) is 3. The number of benzene rings is 1. The Hall–Kier alpha value is -1.64. The first-order chi connectivity index (χ1) is 20.6. The maximum atomic E-state index is 12.9. The molecule has 1 aromatic carbocycles. The third kappa shape index (κ3) is 8.20. The summed E-state index contributed by atoms with van der Waals surface area (Å²) >= 11 is 0. The first-order valence-electron chi connectivity index (χ1n) is 18.5. The van der Waals surface area contributed by atoms with Gasteiger partial charge in [-0.3, -0.25) is 9.59 Å². The van der Waals surface area contributed by atoms with Gasteiger partial charge in [0.1, 0.15) is 11.5 Å². The van der Waals surface area contributed by atoms with Gasteiger partial charge in [-0.1, -0.05) is 110 Å². The van der Waals surface area contributed by atoms with Gasteiger partial charge in [0.2, 0.25) is 0 Å². The molecule has 3 aliphatic carbocycles. The van der Waals surface area contributed by atoms with E-state index in [4.69, 9.17) is 10.2 Å². The molecule has 0 amide bonds. The van der Waals surface area contributed by atoms with Crippen molar-refractivity contribution in [3.05, 3.63) is 29.3 Å². The predicted molar refractivity (Wildman–Crippen MR) is 161 cm³/mol. The molecular formula is C36H56O3. The molecule has 0 heterocycles. The highest BCUT2D eigenvalue weighted by atomic mass is 16.5. The number of hydrogen-bond donors (Lipinski definition) is 0. The lowest BCUT2D eigenvalue weighted by atomic mass is 9.55. The van der Waals surface area contributed by atoms with Crippen molar-refractivity contribution in [2.24, 2.45) is 17.3 Å². The highest BCUT2D eigenvalue weighted by Crippen LogP contribution is 2.59. The predicted octanol–water partition coefficient (Wildman–Crippen LogP) is 10.3. The number of ketones is 1. The van der Waals surface area contributed by atoms with Crippen molar-refractivity contribution in [1.29, 1.82) is 0 Å². The minimum Gasteiger partial charge on any atom is -0.427 e. The molecule has 0 bridgehead atoms. The van der Waals surface area contributed by atoms with E-state index >= 15 is 0 Å². The second-order valence-corrected chi connectivity index (χ2v) is 12.9. The minimum absolute atomic E-state index is 0.00215. The van der Waals surface area contributed by atoms with Crippen LogP contribution in [0.15, 0.2) is 18.2 Å². The molecule has 0 N–H and O–H groups in total. The number of unbranched alkanes of at least 4 members (excludes halogenated alkanes) is 14. The first-order valence-corrected chi connectivity index (χ1v) is 16.5. The van der Waals surface area contributed by atoms with Gasteiger partial charge < -0.3 is 4.74 Å². The number of carbonyl (C=O) groups is 2. The number of carbonyl (C=O) groups excluding carboxylic acids is 2. The zero-order valence-corrected chi connectivity index (χ0v) is 24.9. The van der Waals surface area contributed by atoms with Crippen LogP contribution >= 0.6 is 0 Å². The Balaban J connectivity index is 1.16. The Morgan fingerprint density at radius 1 is 0.949 bits per heavy atom. The SMILES string of the molecule is [2H]c1cc2c(c([2H])c1OC(=O)CCCCCCCCCCCCCCCCC)CC[C@@H]1[C@@H]2CC[C@]2(C)C(=O)C([2H])([2H])C[C@@H]12. The Morgan fingerprint density at radius 3 is 2.21 bits per heavy atom. The summed E-state index contributed by atoms with van der Waals surface area (Å²) in [6.07, 6.45) is 20.7. The monoisotopic (exact) mass is 540 g/mol. The van der Waals surface area contributed by atoms with Gasteiger partial charge in [0.05, 0.1) is 2.74 Å². The van der Waals surface area contributed by atoms with Crippen molar-refractivity contribution >= 4 is 11.8 Å². The maximum absolute atomic E-state index is 12.9. The summed E-state index contributed by atoms with van der Waals surface area (Å²) in [6, 6.07) is 2.03. The molecule has 2 saturated carbocycles. The quantitative estimate of drug-likeness (QED) is 0.112. The standard InChI is InChI=1S/C36H56O3/c1-3-4-5-6-7-8-9-10-11-12-13-14-15-16-17-18-35(38)39-29-20-22-30-28(27-29)19-21-32-31(30)25-26-36(2)33(32)23-24-34(36)37/h20,22,27,31-33H,3-19,21,23-26H2,1-2H3/t31-,32-,33+,36+/m1/s1/i20D,24D2,27D. The molecule has 3 nitrogen and oxygen atoms in total. The molecule has 0 unspecified atom stereocenters. The van der Waals surface area contributed by atoms with Crippen LogP contribution < -0.4 is 4.74 Å². The normalized spacial score (nSPS) is 28.5. The van der Waals surface area contributed by atoms with Gasteiger partial charge in [-0.15, -0.1) is 0 Å². The molecule has 2 fully saturated rings. The van der Waals surface area contributed by atoms with Crippen LogP contribution in [0.4, 0.5) is 0 Å². The topological polar surface area (TPSA) is 43.4 Å². The molecule has 4 rings (SSSR count). The van der Waals surface area contributed by atoms with E-state index < -0.39 is 11.8 Å². The fourth-order valence-corrected chi connectivity index (χ4v) is 7.64. The molecule has 0 radical (unpaired) electrons. The third-order valence-electron chi connectivity index (χ3n) is 10.1.